The minimum absolute atomic E-state index is 0.155. The van der Waals surface area contributed by atoms with Gasteiger partial charge in [-0.15, -0.1) is 0 Å². The molecule has 0 aliphatic heterocycles. The molecule has 1 saturated carbocycles. The van der Waals surface area contributed by atoms with Crippen LogP contribution in [-0.2, 0) is 4.74 Å². The van der Waals surface area contributed by atoms with Crippen LogP contribution < -0.4 is 5.73 Å². The topological polar surface area (TPSA) is 38.5 Å². The van der Waals surface area contributed by atoms with Crippen molar-refractivity contribution in [3.8, 4) is 0 Å². The van der Waals surface area contributed by atoms with Crippen LogP contribution in [-0.4, -0.2) is 43.3 Å². The Kier molecular flexibility index (Phi) is 5.58. The van der Waals surface area contributed by atoms with Gasteiger partial charge in [0.1, 0.15) is 0 Å². The molecule has 0 aromatic rings. The van der Waals surface area contributed by atoms with Gasteiger partial charge in [-0.2, -0.15) is 0 Å². The summed E-state index contributed by atoms with van der Waals surface area (Å²) in [5.41, 5.74) is 5.77. The zero-order chi connectivity index (χ0) is 11.1. The van der Waals surface area contributed by atoms with E-state index in [1.165, 1.54) is 19.3 Å². The summed E-state index contributed by atoms with van der Waals surface area (Å²) in [5.74, 6) is 0. The average Bonchev–Trinajstić information content (AvgIpc) is 2.20. The Morgan fingerprint density at radius 1 is 1.27 bits per heavy atom. The van der Waals surface area contributed by atoms with E-state index < -0.39 is 0 Å². The molecule has 90 valence electrons. The average molecular weight is 214 g/mol. The summed E-state index contributed by atoms with van der Waals surface area (Å²) in [6.45, 7) is 9.30. The van der Waals surface area contributed by atoms with Crippen LogP contribution in [0.3, 0.4) is 0 Å². The van der Waals surface area contributed by atoms with Gasteiger partial charge in [-0.25, -0.2) is 0 Å². The summed E-state index contributed by atoms with van der Waals surface area (Å²) in [4.78, 5) is 2.40. The van der Waals surface area contributed by atoms with E-state index in [-0.39, 0.29) is 5.60 Å². The second-order valence-corrected chi connectivity index (χ2v) is 4.45. The molecule has 3 nitrogen and oxygen atoms in total. The molecule has 1 fully saturated rings. The van der Waals surface area contributed by atoms with E-state index in [9.17, 15) is 0 Å². The van der Waals surface area contributed by atoms with Gasteiger partial charge in [-0.3, -0.25) is 0 Å². The fourth-order valence-electron chi connectivity index (χ4n) is 2.23. The molecule has 0 bridgehead atoms. The molecule has 0 aromatic carbocycles. The second-order valence-electron chi connectivity index (χ2n) is 4.45. The largest absolute Gasteiger partial charge is 0.374 e. The van der Waals surface area contributed by atoms with Crippen LogP contribution in [0.5, 0.6) is 0 Å². The molecule has 0 saturated heterocycles. The highest BCUT2D eigenvalue weighted by molar-refractivity contribution is 4.89. The SMILES string of the molecule is CCN(CC)CCOC1(CCN)CCC1. The number of ether oxygens (including phenoxy) is 1. The second kappa shape index (κ2) is 6.46. The van der Waals surface area contributed by atoms with Crippen molar-refractivity contribution in [3.63, 3.8) is 0 Å². The van der Waals surface area contributed by atoms with Crippen molar-refractivity contribution in [1.82, 2.24) is 4.90 Å². The Hall–Kier alpha value is -0.120. The molecule has 15 heavy (non-hydrogen) atoms. The fourth-order valence-corrected chi connectivity index (χ4v) is 2.23. The monoisotopic (exact) mass is 214 g/mol. The molecule has 1 aliphatic carbocycles. The first-order valence-corrected chi connectivity index (χ1v) is 6.32. The summed E-state index contributed by atoms with van der Waals surface area (Å²) < 4.78 is 6.02. The Morgan fingerprint density at radius 2 is 1.93 bits per heavy atom. The summed E-state index contributed by atoms with van der Waals surface area (Å²) in [6, 6.07) is 0. The van der Waals surface area contributed by atoms with Gasteiger partial charge >= 0.3 is 0 Å². The third-order valence-corrected chi connectivity index (χ3v) is 3.57. The van der Waals surface area contributed by atoms with E-state index in [4.69, 9.17) is 10.5 Å². The van der Waals surface area contributed by atoms with E-state index in [0.717, 1.165) is 39.2 Å². The zero-order valence-corrected chi connectivity index (χ0v) is 10.3. The van der Waals surface area contributed by atoms with E-state index in [1.54, 1.807) is 0 Å². The fraction of sp³-hybridized carbons (Fsp3) is 1.00. The van der Waals surface area contributed by atoms with Crippen LogP contribution in [0.4, 0.5) is 0 Å². The number of hydrogen-bond donors (Lipinski definition) is 1. The molecule has 0 atom stereocenters. The Labute approximate surface area is 94.0 Å². The van der Waals surface area contributed by atoms with Crippen molar-refractivity contribution in [3.05, 3.63) is 0 Å². The Bertz CT molecular complexity index is 165. The molecule has 0 radical (unpaired) electrons. The van der Waals surface area contributed by atoms with Gasteiger partial charge in [0.25, 0.3) is 0 Å². The van der Waals surface area contributed by atoms with Crippen molar-refractivity contribution in [2.75, 3.05) is 32.8 Å². The zero-order valence-electron chi connectivity index (χ0n) is 10.3. The Morgan fingerprint density at radius 3 is 2.33 bits per heavy atom. The number of nitrogens with two attached hydrogens (primary N) is 1. The van der Waals surface area contributed by atoms with Crippen LogP contribution in [0.25, 0.3) is 0 Å². The molecule has 2 N–H and O–H groups in total. The third kappa shape index (κ3) is 3.74. The number of nitrogens with zero attached hydrogens (tertiary/aromatic N) is 1. The highest BCUT2D eigenvalue weighted by atomic mass is 16.5. The summed E-state index contributed by atoms with van der Waals surface area (Å²) in [6.07, 6.45) is 4.77. The van der Waals surface area contributed by atoms with Crippen molar-refractivity contribution in [2.24, 2.45) is 5.73 Å². The lowest BCUT2D eigenvalue weighted by atomic mass is 9.77. The highest BCUT2D eigenvalue weighted by Crippen LogP contribution is 2.38. The van der Waals surface area contributed by atoms with Gasteiger partial charge in [-0.05, 0) is 45.3 Å². The minimum atomic E-state index is 0.155. The van der Waals surface area contributed by atoms with Crippen molar-refractivity contribution >= 4 is 0 Å². The van der Waals surface area contributed by atoms with Gasteiger partial charge in [0.15, 0.2) is 0 Å². The predicted molar refractivity (Wildman–Crippen MR) is 64.0 cm³/mol. The summed E-state index contributed by atoms with van der Waals surface area (Å²) in [7, 11) is 0. The van der Waals surface area contributed by atoms with Gasteiger partial charge in [0.2, 0.25) is 0 Å². The molecule has 3 heteroatoms. The lowest BCUT2D eigenvalue weighted by Crippen LogP contribution is -2.43. The molecule has 0 heterocycles. The van der Waals surface area contributed by atoms with Crippen LogP contribution in [0.15, 0.2) is 0 Å². The standard InChI is InChI=1S/C12H26N2O/c1-3-14(4-2)10-11-15-12(8-9-13)6-5-7-12/h3-11,13H2,1-2H3. The van der Waals surface area contributed by atoms with Crippen LogP contribution in [0.1, 0.15) is 39.5 Å². The first-order valence-electron chi connectivity index (χ1n) is 6.32. The van der Waals surface area contributed by atoms with Gasteiger partial charge in [0, 0.05) is 6.54 Å². The molecule has 0 aromatic heterocycles. The van der Waals surface area contributed by atoms with Crippen LogP contribution in [0.2, 0.25) is 0 Å². The maximum absolute atomic E-state index is 6.02. The normalized spacial score (nSPS) is 19.2. The molecular formula is C12H26N2O. The molecule has 0 amide bonds. The lowest BCUT2D eigenvalue weighted by molar-refractivity contribution is -0.107. The maximum Gasteiger partial charge on any atom is 0.0695 e. The van der Waals surface area contributed by atoms with E-state index in [1.807, 2.05) is 0 Å². The van der Waals surface area contributed by atoms with Crippen molar-refractivity contribution in [2.45, 2.75) is 45.1 Å². The molecule has 1 rings (SSSR count). The molecule has 0 spiro atoms. The predicted octanol–water partition coefficient (Wildman–Crippen LogP) is 1.62. The van der Waals surface area contributed by atoms with Gasteiger partial charge in [-0.1, -0.05) is 13.8 Å². The number of hydrogen-bond acceptors (Lipinski definition) is 3. The number of rotatable bonds is 8. The molecule has 1 aliphatic rings. The lowest BCUT2D eigenvalue weighted by Gasteiger charge is -2.42. The first-order chi connectivity index (χ1) is 7.26. The summed E-state index contributed by atoms with van der Waals surface area (Å²) >= 11 is 0. The first kappa shape index (κ1) is 12.9. The maximum atomic E-state index is 6.02. The van der Waals surface area contributed by atoms with Gasteiger partial charge in [0.05, 0.1) is 12.2 Å². The van der Waals surface area contributed by atoms with E-state index >= 15 is 0 Å². The van der Waals surface area contributed by atoms with Crippen LogP contribution in [0, 0.1) is 0 Å². The highest BCUT2D eigenvalue weighted by Gasteiger charge is 2.36. The summed E-state index contributed by atoms with van der Waals surface area (Å²) in [5, 5.41) is 0. The van der Waals surface area contributed by atoms with Crippen molar-refractivity contribution < 1.29 is 4.74 Å². The van der Waals surface area contributed by atoms with E-state index in [0.29, 0.717) is 0 Å². The van der Waals surface area contributed by atoms with Crippen LogP contribution >= 0.6 is 0 Å². The van der Waals surface area contributed by atoms with E-state index in [2.05, 4.69) is 18.7 Å². The molecular weight excluding hydrogens is 188 g/mol. The van der Waals surface area contributed by atoms with Crippen molar-refractivity contribution in [1.29, 1.82) is 0 Å². The quantitative estimate of drug-likeness (QED) is 0.667. The Balaban J connectivity index is 2.17. The number of likely N-dealkylation sites (N-methyl/N-ethyl adjacent to an activating group) is 1. The van der Waals surface area contributed by atoms with Gasteiger partial charge < -0.3 is 15.4 Å². The molecule has 0 unspecified atom stereocenters. The smallest absolute Gasteiger partial charge is 0.0695 e. The minimum Gasteiger partial charge on any atom is -0.374 e. The third-order valence-electron chi connectivity index (χ3n) is 3.57.